The molecule has 1 saturated heterocycles. The fourth-order valence-electron chi connectivity index (χ4n) is 3.57. The second-order valence-electron chi connectivity index (χ2n) is 8.46. The molecule has 29 heavy (non-hydrogen) atoms. The van der Waals surface area contributed by atoms with Crippen LogP contribution in [0.25, 0.3) is 0 Å². The molecular weight excluding hydrogens is 479 g/mol. The van der Waals surface area contributed by atoms with Crippen molar-refractivity contribution in [1.82, 2.24) is 10.6 Å². The molecule has 0 saturated carbocycles. The van der Waals surface area contributed by atoms with Gasteiger partial charge in [0.05, 0.1) is 25.4 Å². The van der Waals surface area contributed by atoms with E-state index < -0.39 is 0 Å². The van der Waals surface area contributed by atoms with Crippen LogP contribution in [0.1, 0.15) is 34.1 Å². The van der Waals surface area contributed by atoms with Crippen molar-refractivity contribution in [3.8, 4) is 5.75 Å². The van der Waals surface area contributed by atoms with Crippen LogP contribution in [0, 0.1) is 11.3 Å². The van der Waals surface area contributed by atoms with Gasteiger partial charge < -0.3 is 25.0 Å². The van der Waals surface area contributed by atoms with Crippen molar-refractivity contribution in [2.24, 2.45) is 16.3 Å². The minimum atomic E-state index is 0. The number of rotatable bonds is 8. The van der Waals surface area contributed by atoms with Gasteiger partial charge in [-0.15, -0.1) is 24.0 Å². The predicted molar refractivity (Wildman–Crippen MR) is 133 cm³/mol. The van der Waals surface area contributed by atoms with Crippen molar-refractivity contribution in [1.29, 1.82) is 0 Å². The van der Waals surface area contributed by atoms with E-state index in [1.807, 2.05) is 12.1 Å². The van der Waals surface area contributed by atoms with E-state index in [1.54, 1.807) is 14.2 Å². The summed E-state index contributed by atoms with van der Waals surface area (Å²) in [4.78, 5) is 7.16. The molecule has 7 heteroatoms. The zero-order chi connectivity index (χ0) is 20.6. The molecule has 166 valence electrons. The maximum absolute atomic E-state index is 5.62. The van der Waals surface area contributed by atoms with E-state index in [9.17, 15) is 0 Å². The van der Waals surface area contributed by atoms with Gasteiger partial charge in [0.25, 0.3) is 0 Å². The summed E-state index contributed by atoms with van der Waals surface area (Å²) in [6.45, 7) is 13.1. The summed E-state index contributed by atoms with van der Waals surface area (Å²) in [6.07, 6.45) is 1.25. The SMILES string of the molecule is CCNC(=NCC(OC)C(C)(C)C)NCC1CCN(c2ccccc2OC)C1.I. The lowest BCUT2D eigenvalue weighted by atomic mass is 9.89. The van der Waals surface area contributed by atoms with E-state index in [0.29, 0.717) is 12.5 Å². The zero-order valence-electron chi connectivity index (χ0n) is 18.8. The highest BCUT2D eigenvalue weighted by Gasteiger charge is 2.26. The molecule has 1 aromatic carbocycles. The normalized spacial score (nSPS) is 18.2. The number of methoxy groups -OCH3 is 2. The number of hydrogen-bond donors (Lipinski definition) is 2. The minimum Gasteiger partial charge on any atom is -0.495 e. The van der Waals surface area contributed by atoms with Crippen LogP contribution >= 0.6 is 24.0 Å². The Morgan fingerprint density at radius 3 is 2.59 bits per heavy atom. The first-order valence-corrected chi connectivity index (χ1v) is 10.3. The van der Waals surface area contributed by atoms with Crippen LogP contribution in [0.2, 0.25) is 0 Å². The number of nitrogens with zero attached hydrogens (tertiary/aromatic N) is 2. The van der Waals surface area contributed by atoms with Crippen LogP contribution in [-0.2, 0) is 4.74 Å². The molecule has 1 aliphatic heterocycles. The molecule has 0 bridgehead atoms. The van der Waals surface area contributed by atoms with Crippen LogP contribution in [0.5, 0.6) is 5.75 Å². The molecule has 0 amide bonds. The largest absolute Gasteiger partial charge is 0.495 e. The molecule has 0 aliphatic carbocycles. The number of guanidine groups is 1. The van der Waals surface area contributed by atoms with E-state index in [1.165, 1.54) is 5.69 Å². The van der Waals surface area contributed by atoms with Crippen molar-refractivity contribution in [2.45, 2.75) is 40.2 Å². The van der Waals surface area contributed by atoms with Gasteiger partial charge in [0.1, 0.15) is 5.75 Å². The van der Waals surface area contributed by atoms with Crippen LogP contribution in [-0.4, -0.2) is 59.0 Å². The fraction of sp³-hybridized carbons (Fsp3) is 0.682. The molecule has 2 atom stereocenters. The zero-order valence-corrected chi connectivity index (χ0v) is 21.2. The number of nitrogens with one attached hydrogen (secondary N) is 2. The molecule has 0 aromatic heterocycles. The van der Waals surface area contributed by atoms with E-state index in [4.69, 9.17) is 14.5 Å². The van der Waals surface area contributed by atoms with E-state index in [2.05, 4.69) is 55.4 Å². The average molecular weight is 518 g/mol. The molecular formula is C22H39IN4O2. The van der Waals surface area contributed by atoms with Gasteiger partial charge in [0, 0.05) is 33.3 Å². The molecule has 2 N–H and O–H groups in total. The minimum absolute atomic E-state index is 0. The molecule has 1 fully saturated rings. The topological polar surface area (TPSA) is 58.1 Å². The van der Waals surface area contributed by atoms with Crippen molar-refractivity contribution >= 4 is 35.6 Å². The Bertz CT molecular complexity index is 633. The van der Waals surface area contributed by atoms with Crippen LogP contribution in [0.15, 0.2) is 29.3 Å². The standard InChI is InChI=1S/C22H38N4O2.HI/c1-7-23-21(25-15-20(28-6)22(2,3)4)24-14-17-12-13-26(16-17)18-10-8-9-11-19(18)27-5;/h8-11,17,20H,7,12-16H2,1-6H3,(H2,23,24,25);1H. The number of ether oxygens (including phenoxy) is 2. The molecule has 6 nitrogen and oxygen atoms in total. The Morgan fingerprint density at radius 2 is 1.97 bits per heavy atom. The molecule has 1 aliphatic rings. The Hall–Kier alpha value is -1.22. The highest BCUT2D eigenvalue weighted by molar-refractivity contribution is 14.0. The monoisotopic (exact) mass is 518 g/mol. The first-order chi connectivity index (χ1) is 13.4. The van der Waals surface area contributed by atoms with Crippen molar-refractivity contribution in [3.05, 3.63) is 24.3 Å². The highest BCUT2D eigenvalue weighted by atomic mass is 127. The third-order valence-corrected chi connectivity index (χ3v) is 5.28. The van der Waals surface area contributed by atoms with Crippen LogP contribution in [0.4, 0.5) is 5.69 Å². The molecule has 0 spiro atoms. The van der Waals surface area contributed by atoms with Gasteiger partial charge in [-0.1, -0.05) is 32.9 Å². The molecule has 1 aromatic rings. The smallest absolute Gasteiger partial charge is 0.191 e. The summed E-state index contributed by atoms with van der Waals surface area (Å²) in [5.74, 6) is 2.39. The molecule has 0 radical (unpaired) electrons. The molecule has 1 heterocycles. The molecule has 2 rings (SSSR count). The number of aliphatic imine (C=N–C) groups is 1. The lowest BCUT2D eigenvalue weighted by Gasteiger charge is -2.28. The first kappa shape index (κ1) is 25.8. The van der Waals surface area contributed by atoms with Gasteiger partial charge in [0.15, 0.2) is 5.96 Å². The number of hydrogen-bond acceptors (Lipinski definition) is 4. The van der Waals surface area contributed by atoms with E-state index in [0.717, 1.165) is 44.3 Å². The lowest BCUT2D eigenvalue weighted by molar-refractivity contribution is 0.0241. The first-order valence-electron chi connectivity index (χ1n) is 10.3. The van der Waals surface area contributed by atoms with Crippen molar-refractivity contribution < 1.29 is 9.47 Å². The summed E-state index contributed by atoms with van der Waals surface area (Å²) in [7, 11) is 3.49. The highest BCUT2D eigenvalue weighted by Crippen LogP contribution is 2.31. The number of anilines is 1. The van der Waals surface area contributed by atoms with Gasteiger partial charge in [-0.05, 0) is 36.8 Å². The van der Waals surface area contributed by atoms with E-state index >= 15 is 0 Å². The van der Waals surface area contributed by atoms with Gasteiger partial charge in [-0.3, -0.25) is 4.99 Å². The lowest BCUT2D eigenvalue weighted by Crippen LogP contribution is -2.41. The van der Waals surface area contributed by atoms with E-state index in [-0.39, 0.29) is 35.5 Å². The van der Waals surface area contributed by atoms with Crippen molar-refractivity contribution in [3.63, 3.8) is 0 Å². The number of para-hydroxylation sites is 2. The van der Waals surface area contributed by atoms with Gasteiger partial charge >= 0.3 is 0 Å². The summed E-state index contributed by atoms with van der Waals surface area (Å²) in [6, 6.07) is 8.25. The predicted octanol–water partition coefficient (Wildman–Crippen LogP) is 3.76. The van der Waals surface area contributed by atoms with Crippen LogP contribution < -0.4 is 20.3 Å². The quantitative estimate of drug-likeness (QED) is 0.312. The van der Waals surface area contributed by atoms with Crippen LogP contribution in [0.3, 0.4) is 0 Å². The average Bonchev–Trinajstić information content (AvgIpc) is 3.14. The Morgan fingerprint density at radius 1 is 1.24 bits per heavy atom. The van der Waals surface area contributed by atoms with Gasteiger partial charge in [0.2, 0.25) is 0 Å². The fourth-order valence-corrected chi connectivity index (χ4v) is 3.57. The molecule has 2 unspecified atom stereocenters. The summed E-state index contributed by atoms with van der Waals surface area (Å²) in [5.41, 5.74) is 1.25. The Labute approximate surface area is 193 Å². The van der Waals surface area contributed by atoms with Gasteiger partial charge in [-0.25, -0.2) is 0 Å². The second kappa shape index (κ2) is 12.5. The van der Waals surface area contributed by atoms with Gasteiger partial charge in [-0.2, -0.15) is 0 Å². The second-order valence-corrected chi connectivity index (χ2v) is 8.46. The summed E-state index contributed by atoms with van der Waals surface area (Å²) >= 11 is 0. The number of halogens is 1. The Kier molecular flexibility index (Phi) is 11.1. The van der Waals surface area contributed by atoms with Crippen molar-refractivity contribution in [2.75, 3.05) is 51.8 Å². The third-order valence-electron chi connectivity index (χ3n) is 5.28. The maximum Gasteiger partial charge on any atom is 0.191 e. The maximum atomic E-state index is 5.62. The summed E-state index contributed by atoms with van der Waals surface area (Å²) in [5, 5.41) is 6.87. The summed E-state index contributed by atoms with van der Waals surface area (Å²) < 4.78 is 11.1. The number of benzene rings is 1. The Balaban J connectivity index is 0.00000420. The third kappa shape index (κ3) is 7.85.